The van der Waals surface area contributed by atoms with Gasteiger partial charge in [0.05, 0.1) is 32.5 Å². The number of pyridine rings is 1. The van der Waals surface area contributed by atoms with Gasteiger partial charge in [-0.05, 0) is 62.5 Å². The van der Waals surface area contributed by atoms with Crippen LogP contribution in [0.5, 0.6) is 0 Å². The van der Waals surface area contributed by atoms with Gasteiger partial charge in [0.15, 0.2) is 5.65 Å². The van der Waals surface area contributed by atoms with Crippen LogP contribution in [0.1, 0.15) is 18.9 Å². The molecule has 0 saturated heterocycles. The molecule has 6 rings (SSSR count). The van der Waals surface area contributed by atoms with Gasteiger partial charge < -0.3 is 10.6 Å². The minimum absolute atomic E-state index is 0.290. The molecule has 4 heterocycles. The molecular formula is C25H24ClN7S. The zero-order valence-electron chi connectivity index (χ0n) is 18.9. The van der Waals surface area contributed by atoms with E-state index in [0.29, 0.717) is 28.5 Å². The molecular weight excluding hydrogens is 466 g/mol. The van der Waals surface area contributed by atoms with Gasteiger partial charge in [0.25, 0.3) is 0 Å². The first kappa shape index (κ1) is 21.5. The quantitative estimate of drug-likeness (QED) is 0.350. The molecule has 4 aromatic heterocycles. The largest absolute Gasteiger partial charge is 0.383 e. The Kier molecular flexibility index (Phi) is 5.24. The molecule has 0 unspecified atom stereocenters. The second-order valence-electron chi connectivity index (χ2n) is 9.20. The fourth-order valence-electron chi connectivity index (χ4n) is 4.89. The van der Waals surface area contributed by atoms with E-state index in [1.54, 1.807) is 11.3 Å². The van der Waals surface area contributed by atoms with Crippen molar-refractivity contribution in [2.45, 2.75) is 18.9 Å². The van der Waals surface area contributed by atoms with Gasteiger partial charge in [-0.3, -0.25) is 0 Å². The summed E-state index contributed by atoms with van der Waals surface area (Å²) < 4.78 is 2.02. The van der Waals surface area contributed by atoms with Crippen LogP contribution in [0.2, 0.25) is 5.02 Å². The molecule has 0 bridgehead atoms. The van der Waals surface area contributed by atoms with E-state index in [1.807, 2.05) is 28.9 Å². The molecule has 1 aromatic carbocycles. The molecule has 0 aliphatic heterocycles. The lowest BCUT2D eigenvalue weighted by atomic mass is 9.80. The van der Waals surface area contributed by atoms with Gasteiger partial charge in [0.2, 0.25) is 0 Å². The molecule has 1 aliphatic carbocycles. The van der Waals surface area contributed by atoms with Gasteiger partial charge in [0.1, 0.15) is 17.8 Å². The van der Waals surface area contributed by atoms with Crippen LogP contribution in [0.4, 0.5) is 5.82 Å². The molecule has 1 aliphatic rings. The molecule has 5 aromatic rings. The van der Waals surface area contributed by atoms with Crippen molar-refractivity contribution in [3.05, 3.63) is 53.1 Å². The highest BCUT2D eigenvalue weighted by atomic mass is 35.5. The molecule has 1 fully saturated rings. The zero-order chi connectivity index (χ0) is 23.4. The van der Waals surface area contributed by atoms with Crippen molar-refractivity contribution in [3.8, 4) is 21.8 Å². The fourth-order valence-corrected chi connectivity index (χ4v) is 5.85. The Balaban J connectivity index is 1.47. The van der Waals surface area contributed by atoms with Crippen molar-refractivity contribution in [1.82, 2.24) is 29.6 Å². The number of anilines is 1. The average molecular weight is 490 g/mol. The number of nitrogen functional groups attached to an aromatic ring is 1. The molecule has 7 nitrogen and oxygen atoms in total. The Bertz CT molecular complexity index is 1500. The number of rotatable bonds is 5. The third kappa shape index (κ3) is 3.62. The summed E-state index contributed by atoms with van der Waals surface area (Å²) >= 11 is 8.46. The molecule has 0 atom stereocenters. The number of fused-ring (bicyclic) bond motifs is 2. The zero-order valence-corrected chi connectivity index (χ0v) is 20.5. The van der Waals surface area contributed by atoms with E-state index in [4.69, 9.17) is 27.4 Å². The lowest BCUT2D eigenvalue weighted by molar-refractivity contribution is 0.149. The number of halogens is 1. The van der Waals surface area contributed by atoms with Crippen LogP contribution in [0.15, 0.2) is 48.1 Å². The lowest BCUT2D eigenvalue weighted by Crippen LogP contribution is -2.34. The maximum atomic E-state index is 6.78. The smallest absolute Gasteiger partial charge is 0.164 e. The maximum absolute atomic E-state index is 6.78. The van der Waals surface area contributed by atoms with Crippen LogP contribution in [0, 0.1) is 5.92 Å². The number of nitrogens with zero attached hydrogens (tertiary/aromatic N) is 6. The SMILES string of the molecule is CN(C)CC1CC(n2nc(-c3cc4nc(-c5cccs5)ccc4cc3Cl)c3c(N)ncnc32)C1. The van der Waals surface area contributed by atoms with Crippen LogP contribution in [0.3, 0.4) is 0 Å². The number of thiophene rings is 1. The fraction of sp³-hybridized carbons (Fsp3) is 0.280. The normalized spacial score (nSPS) is 18.1. The monoisotopic (exact) mass is 489 g/mol. The number of aromatic nitrogens is 5. The summed E-state index contributed by atoms with van der Waals surface area (Å²) in [6.45, 7) is 1.08. The summed E-state index contributed by atoms with van der Waals surface area (Å²) in [6, 6.07) is 12.4. The van der Waals surface area contributed by atoms with Gasteiger partial charge in [0, 0.05) is 17.5 Å². The number of benzene rings is 1. The summed E-state index contributed by atoms with van der Waals surface area (Å²) in [5, 5.41) is 9.39. The highest BCUT2D eigenvalue weighted by molar-refractivity contribution is 7.13. The third-order valence-corrected chi connectivity index (χ3v) is 7.71. The standard InChI is InChI=1S/C25H24ClN7S/c1-32(2)12-14-8-16(9-14)33-25-22(24(27)28-13-29-25)23(31-33)17-11-20-15(10-18(17)26)5-6-19(30-20)21-4-3-7-34-21/h3-7,10-11,13-14,16H,8-9,12H2,1-2H3,(H2,27,28,29). The molecule has 2 N–H and O–H groups in total. The predicted molar refractivity (Wildman–Crippen MR) is 139 cm³/mol. The topological polar surface area (TPSA) is 85.8 Å². The van der Waals surface area contributed by atoms with E-state index in [9.17, 15) is 0 Å². The van der Waals surface area contributed by atoms with Gasteiger partial charge in [-0.25, -0.2) is 19.6 Å². The maximum Gasteiger partial charge on any atom is 0.164 e. The van der Waals surface area contributed by atoms with Crippen molar-refractivity contribution < 1.29 is 0 Å². The van der Waals surface area contributed by atoms with Crippen LogP contribution in [-0.2, 0) is 0 Å². The Morgan fingerprint density at radius 1 is 1.18 bits per heavy atom. The second kappa shape index (κ2) is 8.30. The van der Waals surface area contributed by atoms with Gasteiger partial charge >= 0.3 is 0 Å². The van der Waals surface area contributed by atoms with Crippen molar-refractivity contribution in [3.63, 3.8) is 0 Å². The van der Waals surface area contributed by atoms with Gasteiger partial charge in [-0.1, -0.05) is 23.7 Å². The number of hydrogen-bond acceptors (Lipinski definition) is 7. The van der Waals surface area contributed by atoms with Crippen LogP contribution in [0.25, 0.3) is 43.8 Å². The minimum Gasteiger partial charge on any atom is -0.383 e. The Hall–Kier alpha value is -3.07. The summed E-state index contributed by atoms with van der Waals surface area (Å²) in [5.41, 5.74) is 10.4. The lowest BCUT2D eigenvalue weighted by Gasteiger charge is -2.37. The van der Waals surface area contributed by atoms with E-state index < -0.39 is 0 Å². The molecule has 0 amide bonds. The third-order valence-electron chi connectivity index (χ3n) is 6.50. The Morgan fingerprint density at radius 2 is 2.03 bits per heavy atom. The van der Waals surface area contributed by atoms with E-state index >= 15 is 0 Å². The summed E-state index contributed by atoms with van der Waals surface area (Å²) in [6.07, 6.45) is 3.64. The second-order valence-corrected chi connectivity index (χ2v) is 10.6. The van der Waals surface area contributed by atoms with Crippen molar-refractivity contribution in [2.75, 3.05) is 26.4 Å². The predicted octanol–water partition coefficient (Wildman–Crippen LogP) is 5.52. The first-order valence-electron chi connectivity index (χ1n) is 11.3. The van der Waals surface area contributed by atoms with Crippen molar-refractivity contribution >= 4 is 50.7 Å². The summed E-state index contributed by atoms with van der Waals surface area (Å²) in [5.74, 6) is 1.07. The van der Waals surface area contributed by atoms with Crippen molar-refractivity contribution in [2.24, 2.45) is 5.92 Å². The first-order valence-corrected chi connectivity index (χ1v) is 12.5. The van der Waals surface area contributed by atoms with Crippen LogP contribution < -0.4 is 5.73 Å². The van der Waals surface area contributed by atoms with Crippen LogP contribution in [-0.4, -0.2) is 50.3 Å². The first-order chi connectivity index (χ1) is 16.5. The van der Waals surface area contributed by atoms with E-state index in [-0.39, 0.29) is 0 Å². The number of hydrogen-bond donors (Lipinski definition) is 1. The van der Waals surface area contributed by atoms with Gasteiger partial charge in [-0.2, -0.15) is 5.10 Å². The molecule has 0 radical (unpaired) electrons. The minimum atomic E-state index is 0.290. The summed E-state index contributed by atoms with van der Waals surface area (Å²) in [7, 11) is 4.23. The van der Waals surface area contributed by atoms with Gasteiger partial charge in [-0.15, -0.1) is 11.3 Å². The number of nitrogens with two attached hydrogens (primary N) is 1. The van der Waals surface area contributed by atoms with E-state index in [1.165, 1.54) is 6.33 Å². The van der Waals surface area contributed by atoms with E-state index in [2.05, 4.69) is 46.5 Å². The Morgan fingerprint density at radius 3 is 2.79 bits per heavy atom. The molecule has 172 valence electrons. The highest BCUT2D eigenvalue weighted by Gasteiger charge is 2.34. The molecule has 9 heteroatoms. The molecule has 34 heavy (non-hydrogen) atoms. The van der Waals surface area contributed by atoms with Crippen LogP contribution >= 0.6 is 22.9 Å². The average Bonchev–Trinajstić information content (AvgIpc) is 3.44. The highest BCUT2D eigenvalue weighted by Crippen LogP contribution is 2.43. The molecule has 1 saturated carbocycles. The Labute approximate surface area is 206 Å². The summed E-state index contributed by atoms with van der Waals surface area (Å²) in [4.78, 5) is 17.1. The van der Waals surface area contributed by atoms with E-state index in [0.717, 1.165) is 57.5 Å². The molecule has 0 spiro atoms. The van der Waals surface area contributed by atoms with Crippen molar-refractivity contribution in [1.29, 1.82) is 0 Å².